The number of amides is 1. The Balaban J connectivity index is 2.01. The fourth-order valence-corrected chi connectivity index (χ4v) is 2.52. The molecule has 17 heavy (non-hydrogen) atoms. The minimum absolute atomic E-state index is 0.0400. The lowest BCUT2D eigenvalue weighted by Gasteiger charge is -2.19. The summed E-state index contributed by atoms with van der Waals surface area (Å²) in [6, 6.07) is 5.71. The Bertz CT molecular complexity index is 539. The zero-order valence-corrected chi connectivity index (χ0v) is 9.40. The second-order valence-electron chi connectivity index (χ2n) is 4.30. The number of ether oxygens (including phenoxy) is 2. The molecule has 1 atom stereocenters. The van der Waals surface area contributed by atoms with Crippen LogP contribution < -0.4 is 10.5 Å². The van der Waals surface area contributed by atoms with Gasteiger partial charge in [0.25, 0.3) is 11.9 Å². The third kappa shape index (κ3) is 1.32. The van der Waals surface area contributed by atoms with Gasteiger partial charge in [0.1, 0.15) is 5.75 Å². The van der Waals surface area contributed by atoms with Crippen molar-refractivity contribution in [2.24, 2.45) is 10.7 Å². The first-order valence-electron chi connectivity index (χ1n) is 5.37. The van der Waals surface area contributed by atoms with Gasteiger partial charge in [-0.1, -0.05) is 12.1 Å². The molecule has 5 heteroatoms. The summed E-state index contributed by atoms with van der Waals surface area (Å²) in [4.78, 5) is 15.5. The van der Waals surface area contributed by atoms with Crippen LogP contribution in [-0.4, -0.2) is 24.6 Å². The monoisotopic (exact) mass is 232 g/mol. The Labute approximate surface area is 98.2 Å². The molecule has 2 N–H and O–H groups in total. The number of fused-ring (bicyclic) bond motifs is 1. The minimum atomic E-state index is -0.930. The first kappa shape index (κ1) is 10.1. The Morgan fingerprint density at radius 2 is 2.29 bits per heavy atom. The van der Waals surface area contributed by atoms with Crippen LogP contribution in [0, 0.1) is 0 Å². The standard InChI is InChI=1S/C12H12N2O3/c1-16-9-4-2-3-7-5-12(6-8(7)9)10(15)14-11(13)17-12/h2-4H,5-6H2,1H3,(H2,13,14,15)/t12-/m1/s1. The Hall–Kier alpha value is -2.04. The van der Waals surface area contributed by atoms with E-state index in [-0.39, 0.29) is 11.9 Å². The van der Waals surface area contributed by atoms with Gasteiger partial charge in [0.2, 0.25) is 5.60 Å². The molecule has 0 saturated heterocycles. The van der Waals surface area contributed by atoms with Crippen LogP contribution in [0.1, 0.15) is 11.1 Å². The van der Waals surface area contributed by atoms with Crippen molar-refractivity contribution in [3.63, 3.8) is 0 Å². The normalized spacial score (nSPS) is 25.7. The van der Waals surface area contributed by atoms with Gasteiger partial charge in [0.15, 0.2) is 0 Å². The number of methoxy groups -OCH3 is 1. The van der Waals surface area contributed by atoms with Crippen molar-refractivity contribution in [2.45, 2.75) is 18.4 Å². The second kappa shape index (κ2) is 3.23. The summed E-state index contributed by atoms with van der Waals surface area (Å²) in [6.07, 6.45) is 0.970. The van der Waals surface area contributed by atoms with E-state index in [1.807, 2.05) is 18.2 Å². The zero-order chi connectivity index (χ0) is 12.0. The van der Waals surface area contributed by atoms with Crippen LogP contribution in [-0.2, 0) is 22.4 Å². The molecule has 2 aliphatic rings. The molecular weight excluding hydrogens is 220 g/mol. The molecule has 88 valence electrons. The number of rotatable bonds is 1. The molecule has 0 fully saturated rings. The topological polar surface area (TPSA) is 73.9 Å². The van der Waals surface area contributed by atoms with E-state index in [1.54, 1.807) is 7.11 Å². The van der Waals surface area contributed by atoms with E-state index in [0.29, 0.717) is 12.8 Å². The number of carbonyl (C=O) groups excluding carboxylic acids is 1. The highest BCUT2D eigenvalue weighted by Crippen LogP contribution is 2.40. The first-order valence-corrected chi connectivity index (χ1v) is 5.37. The van der Waals surface area contributed by atoms with Crippen LogP contribution in [0.25, 0.3) is 0 Å². The molecule has 3 rings (SSSR count). The summed E-state index contributed by atoms with van der Waals surface area (Å²) in [5.74, 6) is 0.481. The van der Waals surface area contributed by atoms with Crippen molar-refractivity contribution < 1.29 is 14.3 Å². The zero-order valence-electron chi connectivity index (χ0n) is 9.40. The Morgan fingerprint density at radius 1 is 1.47 bits per heavy atom. The molecule has 0 radical (unpaired) electrons. The number of carbonyl (C=O) groups is 1. The van der Waals surface area contributed by atoms with Gasteiger partial charge in [-0.25, -0.2) is 0 Å². The second-order valence-corrected chi connectivity index (χ2v) is 4.30. The van der Waals surface area contributed by atoms with Gasteiger partial charge < -0.3 is 15.2 Å². The summed E-state index contributed by atoms with van der Waals surface area (Å²) in [5, 5.41) is 0. The maximum Gasteiger partial charge on any atom is 0.295 e. The third-order valence-corrected chi connectivity index (χ3v) is 3.29. The van der Waals surface area contributed by atoms with E-state index in [0.717, 1.165) is 16.9 Å². The lowest BCUT2D eigenvalue weighted by Crippen LogP contribution is -2.39. The molecule has 1 aliphatic heterocycles. The average molecular weight is 232 g/mol. The number of nitrogens with zero attached hydrogens (tertiary/aromatic N) is 1. The van der Waals surface area contributed by atoms with E-state index >= 15 is 0 Å². The molecule has 0 aromatic heterocycles. The molecule has 0 bridgehead atoms. The van der Waals surface area contributed by atoms with Crippen molar-refractivity contribution in [2.75, 3.05) is 7.11 Å². The quantitative estimate of drug-likeness (QED) is 0.760. The molecule has 1 spiro atoms. The van der Waals surface area contributed by atoms with Crippen LogP contribution in [0.4, 0.5) is 0 Å². The predicted molar refractivity (Wildman–Crippen MR) is 60.8 cm³/mol. The fraction of sp³-hybridized carbons (Fsp3) is 0.333. The minimum Gasteiger partial charge on any atom is -0.496 e. The number of nitrogens with two attached hydrogens (primary N) is 1. The van der Waals surface area contributed by atoms with Crippen molar-refractivity contribution in [1.29, 1.82) is 0 Å². The summed E-state index contributed by atoms with van der Waals surface area (Å²) >= 11 is 0. The molecule has 1 amide bonds. The van der Waals surface area contributed by atoms with Crippen molar-refractivity contribution in [1.82, 2.24) is 0 Å². The largest absolute Gasteiger partial charge is 0.496 e. The van der Waals surface area contributed by atoms with Gasteiger partial charge in [0.05, 0.1) is 7.11 Å². The van der Waals surface area contributed by atoms with E-state index < -0.39 is 5.60 Å². The van der Waals surface area contributed by atoms with Crippen molar-refractivity contribution >= 4 is 11.9 Å². The van der Waals surface area contributed by atoms with E-state index in [4.69, 9.17) is 15.2 Å². The number of benzene rings is 1. The van der Waals surface area contributed by atoms with Crippen LogP contribution in [0.2, 0.25) is 0 Å². The van der Waals surface area contributed by atoms with Crippen molar-refractivity contribution in [3.8, 4) is 5.75 Å². The maximum atomic E-state index is 11.8. The van der Waals surface area contributed by atoms with E-state index in [2.05, 4.69) is 4.99 Å². The Kier molecular flexibility index (Phi) is 1.92. The molecule has 1 aliphatic carbocycles. The van der Waals surface area contributed by atoms with Gasteiger partial charge >= 0.3 is 0 Å². The summed E-state index contributed by atoms with van der Waals surface area (Å²) in [7, 11) is 1.61. The van der Waals surface area contributed by atoms with Gasteiger partial charge in [-0.2, -0.15) is 4.99 Å². The average Bonchev–Trinajstić information content (AvgIpc) is 2.79. The van der Waals surface area contributed by atoms with Crippen LogP contribution in [0.3, 0.4) is 0 Å². The fourth-order valence-electron chi connectivity index (χ4n) is 2.52. The highest BCUT2D eigenvalue weighted by atomic mass is 16.5. The molecule has 5 nitrogen and oxygen atoms in total. The van der Waals surface area contributed by atoms with Gasteiger partial charge in [-0.05, 0) is 11.6 Å². The van der Waals surface area contributed by atoms with Crippen LogP contribution in [0.15, 0.2) is 23.2 Å². The lowest BCUT2D eigenvalue weighted by atomic mass is 10.00. The molecule has 0 unspecified atom stereocenters. The van der Waals surface area contributed by atoms with Gasteiger partial charge in [0, 0.05) is 18.4 Å². The molecule has 1 aromatic carbocycles. The molecule has 1 aromatic rings. The van der Waals surface area contributed by atoms with Gasteiger partial charge in [-0.3, -0.25) is 4.79 Å². The Morgan fingerprint density at radius 3 is 2.94 bits per heavy atom. The maximum absolute atomic E-state index is 11.8. The summed E-state index contributed by atoms with van der Waals surface area (Å²) < 4.78 is 10.7. The van der Waals surface area contributed by atoms with E-state index in [9.17, 15) is 4.79 Å². The number of hydrogen-bond acceptors (Lipinski definition) is 4. The first-order chi connectivity index (χ1) is 8.14. The highest BCUT2D eigenvalue weighted by Gasteiger charge is 2.51. The number of hydrogen-bond donors (Lipinski definition) is 1. The molecular formula is C12H12N2O3. The van der Waals surface area contributed by atoms with E-state index in [1.165, 1.54) is 0 Å². The third-order valence-electron chi connectivity index (χ3n) is 3.29. The smallest absolute Gasteiger partial charge is 0.295 e. The highest BCUT2D eigenvalue weighted by molar-refractivity contribution is 6.01. The van der Waals surface area contributed by atoms with Crippen LogP contribution in [0.5, 0.6) is 5.75 Å². The number of aliphatic imine (C=N–C) groups is 1. The number of amidine groups is 1. The van der Waals surface area contributed by atoms with Crippen molar-refractivity contribution in [3.05, 3.63) is 29.3 Å². The SMILES string of the molecule is COc1cccc2c1C[C@@]1(C2)OC(N)=NC1=O. The van der Waals surface area contributed by atoms with Crippen LogP contribution >= 0.6 is 0 Å². The molecule has 1 heterocycles. The predicted octanol–water partition coefficient (Wildman–Crippen LogP) is 0.404. The van der Waals surface area contributed by atoms with Gasteiger partial charge in [-0.15, -0.1) is 0 Å². The summed E-state index contributed by atoms with van der Waals surface area (Å²) in [5.41, 5.74) is 6.60. The lowest BCUT2D eigenvalue weighted by molar-refractivity contribution is -0.130. The summed E-state index contributed by atoms with van der Waals surface area (Å²) in [6.45, 7) is 0. The molecule has 0 saturated carbocycles.